The molecule has 0 bridgehead atoms. The van der Waals surface area contributed by atoms with E-state index in [2.05, 4.69) is 10.1 Å². The van der Waals surface area contributed by atoms with Gasteiger partial charge in [0.15, 0.2) is 6.61 Å². The summed E-state index contributed by atoms with van der Waals surface area (Å²) in [5.41, 5.74) is 1.18. The van der Waals surface area contributed by atoms with Gasteiger partial charge in [0, 0.05) is 6.92 Å². The van der Waals surface area contributed by atoms with E-state index in [1.807, 2.05) is 6.92 Å². The maximum atomic E-state index is 11.3. The van der Waals surface area contributed by atoms with Crippen molar-refractivity contribution in [2.24, 2.45) is 0 Å². The van der Waals surface area contributed by atoms with Gasteiger partial charge in [0.25, 0.3) is 5.91 Å². The van der Waals surface area contributed by atoms with Crippen LogP contribution < -0.4 is 5.32 Å². The Labute approximate surface area is 93.0 Å². The Morgan fingerprint density at radius 2 is 2.12 bits per heavy atom. The quantitative estimate of drug-likeness (QED) is 0.596. The van der Waals surface area contributed by atoms with E-state index in [1.54, 1.807) is 12.1 Å². The first kappa shape index (κ1) is 12.0. The maximum absolute atomic E-state index is 11.3. The Balaban J connectivity index is 2.59. The van der Waals surface area contributed by atoms with Gasteiger partial charge < -0.3 is 15.2 Å². The molecule has 1 rings (SSSR count). The number of phenolic OH excluding ortho intramolecular Hbond substituents is 1. The van der Waals surface area contributed by atoms with Crippen molar-refractivity contribution in [3.63, 3.8) is 0 Å². The molecular formula is C11H13NO4. The van der Waals surface area contributed by atoms with E-state index in [9.17, 15) is 14.7 Å². The number of rotatable bonds is 3. The molecule has 0 aromatic heterocycles. The molecule has 0 fully saturated rings. The highest BCUT2D eigenvalue weighted by molar-refractivity contribution is 5.94. The van der Waals surface area contributed by atoms with Crippen molar-refractivity contribution in [1.29, 1.82) is 0 Å². The second kappa shape index (κ2) is 5.16. The Kier molecular flexibility index (Phi) is 3.88. The van der Waals surface area contributed by atoms with Crippen molar-refractivity contribution in [3.8, 4) is 5.75 Å². The highest BCUT2D eigenvalue weighted by atomic mass is 16.5. The molecular weight excluding hydrogens is 210 g/mol. The third kappa shape index (κ3) is 3.61. The number of aryl methyl sites for hydroxylation is 1. The molecule has 1 aromatic rings. The number of phenols is 1. The first-order chi connectivity index (χ1) is 7.49. The van der Waals surface area contributed by atoms with Crippen LogP contribution in [0, 0.1) is 6.92 Å². The summed E-state index contributed by atoms with van der Waals surface area (Å²) in [5, 5.41) is 11.9. The van der Waals surface area contributed by atoms with Gasteiger partial charge in [0.2, 0.25) is 0 Å². The van der Waals surface area contributed by atoms with Gasteiger partial charge in [-0.2, -0.15) is 0 Å². The first-order valence-corrected chi connectivity index (χ1v) is 4.72. The zero-order valence-electron chi connectivity index (χ0n) is 9.11. The molecule has 0 heterocycles. The Hall–Kier alpha value is -2.04. The topological polar surface area (TPSA) is 75.6 Å². The minimum atomic E-state index is -0.525. The molecule has 0 atom stereocenters. The molecule has 5 heteroatoms. The molecule has 0 spiro atoms. The van der Waals surface area contributed by atoms with Crippen LogP contribution in [0.2, 0.25) is 0 Å². The lowest BCUT2D eigenvalue weighted by atomic mass is 10.2. The van der Waals surface area contributed by atoms with Gasteiger partial charge in [-0.1, -0.05) is 6.07 Å². The van der Waals surface area contributed by atoms with Gasteiger partial charge in [-0.05, 0) is 24.6 Å². The van der Waals surface area contributed by atoms with Gasteiger partial charge in [-0.25, -0.2) is 0 Å². The highest BCUT2D eigenvalue weighted by Crippen LogP contribution is 2.23. The smallest absolute Gasteiger partial charge is 0.303 e. The van der Waals surface area contributed by atoms with E-state index in [1.165, 1.54) is 13.0 Å². The zero-order chi connectivity index (χ0) is 12.1. The van der Waals surface area contributed by atoms with Crippen LogP contribution in [0.5, 0.6) is 5.75 Å². The summed E-state index contributed by atoms with van der Waals surface area (Å²) in [6, 6.07) is 4.86. The van der Waals surface area contributed by atoms with Crippen LogP contribution in [0.3, 0.4) is 0 Å². The number of benzene rings is 1. The molecule has 1 amide bonds. The minimum absolute atomic E-state index is 0.0174. The normalized spacial score (nSPS) is 9.62. The predicted molar refractivity (Wildman–Crippen MR) is 58.1 cm³/mol. The fraction of sp³-hybridized carbons (Fsp3) is 0.273. The summed E-state index contributed by atoms with van der Waals surface area (Å²) in [7, 11) is 0. The number of aromatic hydroxyl groups is 1. The largest absolute Gasteiger partial charge is 0.506 e. The predicted octanol–water partition coefficient (Wildman–Crippen LogP) is 1.20. The summed E-state index contributed by atoms with van der Waals surface area (Å²) in [6.45, 7) is 2.68. The van der Waals surface area contributed by atoms with Crippen molar-refractivity contribution >= 4 is 17.6 Å². The average molecular weight is 223 g/mol. The van der Waals surface area contributed by atoms with E-state index in [-0.39, 0.29) is 12.4 Å². The fourth-order valence-corrected chi connectivity index (χ4v) is 1.10. The molecule has 5 nitrogen and oxygen atoms in total. The molecule has 1 aromatic carbocycles. The SMILES string of the molecule is CC(=O)OCC(=O)Nc1ccc(C)cc1O. The maximum Gasteiger partial charge on any atom is 0.303 e. The number of carbonyl (C=O) groups excluding carboxylic acids is 2. The van der Waals surface area contributed by atoms with Crippen molar-refractivity contribution in [2.45, 2.75) is 13.8 Å². The van der Waals surface area contributed by atoms with E-state index >= 15 is 0 Å². The number of hydrogen-bond donors (Lipinski definition) is 2. The van der Waals surface area contributed by atoms with Crippen molar-refractivity contribution in [2.75, 3.05) is 11.9 Å². The van der Waals surface area contributed by atoms with Crippen LogP contribution in [0.1, 0.15) is 12.5 Å². The number of nitrogens with one attached hydrogen (secondary N) is 1. The molecule has 0 aliphatic rings. The van der Waals surface area contributed by atoms with Gasteiger partial charge in [0.1, 0.15) is 5.75 Å². The lowest BCUT2D eigenvalue weighted by molar-refractivity contribution is -0.144. The number of amides is 1. The van der Waals surface area contributed by atoms with E-state index < -0.39 is 11.9 Å². The zero-order valence-corrected chi connectivity index (χ0v) is 9.11. The van der Waals surface area contributed by atoms with Crippen LogP contribution in [-0.2, 0) is 14.3 Å². The highest BCUT2D eigenvalue weighted by Gasteiger charge is 2.07. The second-order valence-corrected chi connectivity index (χ2v) is 3.35. The number of carbonyl (C=O) groups is 2. The van der Waals surface area contributed by atoms with Crippen molar-refractivity contribution in [1.82, 2.24) is 0 Å². The lowest BCUT2D eigenvalue weighted by Gasteiger charge is -2.07. The monoisotopic (exact) mass is 223 g/mol. The third-order valence-electron chi connectivity index (χ3n) is 1.83. The van der Waals surface area contributed by atoms with Gasteiger partial charge >= 0.3 is 5.97 Å². The van der Waals surface area contributed by atoms with Crippen LogP contribution in [0.4, 0.5) is 5.69 Å². The summed E-state index contributed by atoms with van der Waals surface area (Å²) < 4.78 is 4.51. The van der Waals surface area contributed by atoms with Crippen LogP contribution in [-0.4, -0.2) is 23.6 Å². The number of ether oxygens (including phenoxy) is 1. The summed E-state index contributed by atoms with van der Waals surface area (Å²) >= 11 is 0. The number of anilines is 1. The van der Waals surface area contributed by atoms with Crippen molar-refractivity contribution in [3.05, 3.63) is 23.8 Å². The van der Waals surface area contributed by atoms with Gasteiger partial charge in [-0.15, -0.1) is 0 Å². The molecule has 16 heavy (non-hydrogen) atoms. The lowest BCUT2D eigenvalue weighted by Crippen LogP contribution is -2.19. The Bertz CT molecular complexity index is 414. The fourth-order valence-electron chi connectivity index (χ4n) is 1.10. The molecule has 0 saturated carbocycles. The summed E-state index contributed by atoms with van der Waals surface area (Å²) in [4.78, 5) is 21.7. The summed E-state index contributed by atoms with van der Waals surface area (Å²) in [6.07, 6.45) is 0. The third-order valence-corrected chi connectivity index (χ3v) is 1.83. The van der Waals surface area contributed by atoms with Gasteiger partial charge in [-0.3, -0.25) is 9.59 Å². The van der Waals surface area contributed by atoms with Gasteiger partial charge in [0.05, 0.1) is 5.69 Å². The Morgan fingerprint density at radius 3 is 2.69 bits per heavy atom. The summed E-state index contributed by atoms with van der Waals surface area (Å²) in [5.74, 6) is -1.03. The molecule has 0 unspecified atom stereocenters. The van der Waals surface area contributed by atoms with E-state index in [4.69, 9.17) is 0 Å². The molecule has 86 valence electrons. The Morgan fingerprint density at radius 1 is 1.44 bits per heavy atom. The van der Waals surface area contributed by atoms with Crippen LogP contribution in [0.25, 0.3) is 0 Å². The molecule has 0 aliphatic carbocycles. The van der Waals surface area contributed by atoms with Crippen LogP contribution in [0.15, 0.2) is 18.2 Å². The van der Waals surface area contributed by atoms with Crippen molar-refractivity contribution < 1.29 is 19.4 Å². The number of esters is 1. The minimum Gasteiger partial charge on any atom is -0.506 e. The van der Waals surface area contributed by atoms with E-state index in [0.29, 0.717) is 5.69 Å². The van der Waals surface area contributed by atoms with Crippen LogP contribution >= 0.6 is 0 Å². The standard InChI is InChI=1S/C11H13NO4/c1-7-3-4-9(10(14)5-7)12-11(15)6-16-8(2)13/h3-5,14H,6H2,1-2H3,(H,12,15). The molecule has 0 saturated heterocycles. The van der Waals surface area contributed by atoms with E-state index in [0.717, 1.165) is 5.56 Å². The molecule has 2 N–H and O–H groups in total. The first-order valence-electron chi connectivity index (χ1n) is 4.72. The average Bonchev–Trinajstić information content (AvgIpc) is 2.19. The molecule has 0 radical (unpaired) electrons. The number of hydrogen-bond acceptors (Lipinski definition) is 4. The molecule has 0 aliphatic heterocycles. The second-order valence-electron chi connectivity index (χ2n) is 3.35.